The van der Waals surface area contributed by atoms with Crippen LogP contribution in [0.25, 0.3) is 16.9 Å². The molecule has 2 aromatic carbocycles. The number of amides is 1. The van der Waals surface area contributed by atoms with Crippen LogP contribution in [0.4, 0.5) is 0 Å². The summed E-state index contributed by atoms with van der Waals surface area (Å²) < 4.78 is 7.15. The zero-order chi connectivity index (χ0) is 22.2. The van der Waals surface area contributed by atoms with E-state index in [2.05, 4.69) is 20.6 Å². The average Bonchev–Trinajstić information content (AvgIpc) is 3.28. The van der Waals surface area contributed by atoms with E-state index in [0.29, 0.717) is 17.0 Å². The van der Waals surface area contributed by atoms with Crippen molar-refractivity contribution in [3.05, 3.63) is 96.4 Å². The lowest BCUT2D eigenvalue weighted by Gasteiger charge is -2.04. The molecule has 4 aromatic rings. The molecule has 8 nitrogen and oxygen atoms in total. The van der Waals surface area contributed by atoms with Crippen molar-refractivity contribution < 1.29 is 9.53 Å². The number of hydrazone groups is 1. The summed E-state index contributed by atoms with van der Waals surface area (Å²) in [6, 6.07) is 22.0. The van der Waals surface area contributed by atoms with E-state index in [0.717, 1.165) is 16.8 Å². The number of rotatable bonds is 7. The van der Waals surface area contributed by atoms with Crippen molar-refractivity contribution in [3.8, 4) is 28.8 Å². The molecule has 0 aliphatic heterocycles. The number of nitrogens with one attached hydrogen (secondary N) is 1. The topological polar surface area (TPSA) is 105 Å². The number of hydrogen-bond donors (Lipinski definition) is 1. The van der Waals surface area contributed by atoms with Gasteiger partial charge in [0.15, 0.2) is 6.61 Å². The third-order valence-electron chi connectivity index (χ3n) is 4.44. The van der Waals surface area contributed by atoms with E-state index in [1.807, 2.05) is 54.7 Å². The zero-order valence-electron chi connectivity index (χ0n) is 16.9. The maximum absolute atomic E-state index is 12.1. The largest absolute Gasteiger partial charge is 0.484 e. The van der Waals surface area contributed by atoms with Crippen LogP contribution >= 0.6 is 0 Å². The summed E-state index contributed by atoms with van der Waals surface area (Å²) in [6.45, 7) is -0.206. The van der Waals surface area contributed by atoms with E-state index in [9.17, 15) is 4.79 Å². The summed E-state index contributed by atoms with van der Waals surface area (Å²) in [5.41, 5.74) is 6.11. The van der Waals surface area contributed by atoms with Crippen molar-refractivity contribution in [1.82, 2.24) is 20.2 Å². The lowest BCUT2D eigenvalue weighted by atomic mass is 10.1. The van der Waals surface area contributed by atoms with Gasteiger partial charge in [-0.1, -0.05) is 18.2 Å². The number of nitrogens with zero attached hydrogens (tertiary/aromatic N) is 5. The molecule has 2 aromatic heterocycles. The molecule has 156 valence electrons. The first-order chi connectivity index (χ1) is 15.7. The Bertz CT molecular complexity index is 1260. The number of benzene rings is 2. The Morgan fingerprint density at radius 2 is 1.94 bits per heavy atom. The summed E-state index contributed by atoms with van der Waals surface area (Å²) in [5.74, 6) is 0.0788. The van der Waals surface area contributed by atoms with Crippen LogP contribution < -0.4 is 10.2 Å². The highest BCUT2D eigenvalue weighted by Gasteiger charge is 2.11. The molecule has 1 amide bonds. The van der Waals surface area contributed by atoms with Gasteiger partial charge in [-0.15, -0.1) is 0 Å². The predicted octanol–water partition coefficient (Wildman–Crippen LogP) is 3.34. The van der Waals surface area contributed by atoms with E-state index >= 15 is 0 Å². The number of nitriles is 1. The molecule has 0 saturated heterocycles. The number of carbonyl (C=O) groups excluding carboxylic acids is 1. The van der Waals surface area contributed by atoms with Gasteiger partial charge in [0.05, 0.1) is 23.5 Å². The Labute approximate surface area is 184 Å². The number of para-hydroxylation sites is 1. The molecule has 0 bridgehead atoms. The highest BCUT2D eigenvalue weighted by atomic mass is 16.5. The minimum Gasteiger partial charge on any atom is -0.484 e. The lowest BCUT2D eigenvalue weighted by Crippen LogP contribution is -2.24. The first-order valence-electron chi connectivity index (χ1n) is 9.73. The molecule has 0 atom stereocenters. The van der Waals surface area contributed by atoms with Crippen LogP contribution in [0.1, 0.15) is 11.1 Å². The van der Waals surface area contributed by atoms with Crippen molar-refractivity contribution in [2.75, 3.05) is 6.61 Å². The fourth-order valence-corrected chi connectivity index (χ4v) is 2.90. The maximum atomic E-state index is 12.1. The molecule has 0 spiro atoms. The van der Waals surface area contributed by atoms with Gasteiger partial charge in [0.2, 0.25) is 0 Å². The number of carbonyl (C=O) groups is 1. The van der Waals surface area contributed by atoms with Gasteiger partial charge >= 0.3 is 0 Å². The van der Waals surface area contributed by atoms with Crippen LogP contribution in [-0.2, 0) is 4.79 Å². The Hall–Kier alpha value is -4.77. The molecule has 0 saturated carbocycles. The Kier molecular flexibility index (Phi) is 6.29. The van der Waals surface area contributed by atoms with Crippen molar-refractivity contribution >= 4 is 12.1 Å². The molecule has 4 rings (SSSR count). The fraction of sp³-hybridized carbons (Fsp3) is 0.0417. The highest BCUT2D eigenvalue weighted by Crippen LogP contribution is 2.21. The second kappa shape index (κ2) is 9.82. The Morgan fingerprint density at radius 1 is 1.12 bits per heavy atom. The summed E-state index contributed by atoms with van der Waals surface area (Å²) >= 11 is 0. The van der Waals surface area contributed by atoms with Crippen LogP contribution in [0.3, 0.4) is 0 Å². The van der Waals surface area contributed by atoms with Gasteiger partial charge in [0.1, 0.15) is 11.4 Å². The van der Waals surface area contributed by atoms with Gasteiger partial charge in [0.25, 0.3) is 5.91 Å². The second-order valence-corrected chi connectivity index (χ2v) is 6.67. The van der Waals surface area contributed by atoms with Crippen molar-refractivity contribution in [1.29, 1.82) is 5.26 Å². The zero-order valence-corrected chi connectivity index (χ0v) is 16.9. The Balaban J connectivity index is 1.45. The molecule has 0 aliphatic carbocycles. The normalized spacial score (nSPS) is 10.6. The van der Waals surface area contributed by atoms with Crippen LogP contribution in [0.2, 0.25) is 0 Å². The number of aromatic nitrogens is 3. The summed E-state index contributed by atoms with van der Waals surface area (Å²) in [5, 5.41) is 17.5. The molecule has 0 aliphatic rings. The predicted molar refractivity (Wildman–Crippen MR) is 119 cm³/mol. The Morgan fingerprint density at radius 3 is 2.66 bits per heavy atom. The van der Waals surface area contributed by atoms with Crippen molar-refractivity contribution in [3.63, 3.8) is 0 Å². The van der Waals surface area contributed by atoms with Crippen molar-refractivity contribution in [2.45, 2.75) is 0 Å². The van der Waals surface area contributed by atoms with E-state index in [1.165, 1.54) is 6.21 Å². The van der Waals surface area contributed by atoms with Crippen LogP contribution in [0.15, 0.2) is 90.4 Å². The fourth-order valence-electron chi connectivity index (χ4n) is 2.90. The smallest absolute Gasteiger partial charge is 0.277 e. The summed E-state index contributed by atoms with van der Waals surface area (Å²) in [6.07, 6.45) is 6.79. The standard InChI is InChI=1S/C24H18N6O2/c25-13-18-8-10-22(11-9-18)32-17-23(31)28-27-15-20-16-30(21-6-2-1-3-7-21)29-24(20)19-5-4-12-26-14-19/h1-12,14-16H,17H2,(H,28,31)/b27-15+. The molecule has 32 heavy (non-hydrogen) atoms. The van der Waals surface area contributed by atoms with Gasteiger partial charge in [0, 0.05) is 29.7 Å². The first-order valence-corrected chi connectivity index (χ1v) is 9.73. The maximum Gasteiger partial charge on any atom is 0.277 e. The third-order valence-corrected chi connectivity index (χ3v) is 4.44. The van der Waals surface area contributed by atoms with Crippen LogP contribution in [-0.4, -0.2) is 33.5 Å². The van der Waals surface area contributed by atoms with Gasteiger partial charge in [-0.2, -0.15) is 15.5 Å². The SMILES string of the molecule is N#Cc1ccc(OCC(=O)N/N=C/c2cn(-c3ccccc3)nc2-c2cccnc2)cc1. The average molecular weight is 422 g/mol. The summed E-state index contributed by atoms with van der Waals surface area (Å²) in [4.78, 5) is 16.2. The van der Waals surface area contributed by atoms with Gasteiger partial charge in [-0.05, 0) is 48.5 Å². The molecule has 2 heterocycles. The minimum absolute atomic E-state index is 0.206. The van der Waals surface area contributed by atoms with Crippen LogP contribution in [0, 0.1) is 11.3 Å². The number of ether oxygens (including phenoxy) is 1. The first kappa shape index (κ1) is 20.5. The number of pyridine rings is 1. The molecule has 0 radical (unpaired) electrons. The minimum atomic E-state index is -0.413. The van der Waals surface area contributed by atoms with Gasteiger partial charge < -0.3 is 4.74 Å². The quantitative estimate of drug-likeness (QED) is 0.363. The third kappa shape index (κ3) is 5.04. The van der Waals surface area contributed by atoms with E-state index < -0.39 is 5.91 Å². The molecule has 8 heteroatoms. The van der Waals surface area contributed by atoms with Crippen LogP contribution in [0.5, 0.6) is 5.75 Å². The van der Waals surface area contributed by atoms with Crippen molar-refractivity contribution in [2.24, 2.45) is 5.10 Å². The summed E-state index contributed by atoms with van der Waals surface area (Å²) in [7, 11) is 0. The molecule has 0 fully saturated rings. The molecular weight excluding hydrogens is 404 g/mol. The molecule has 1 N–H and O–H groups in total. The van der Waals surface area contributed by atoms with Gasteiger partial charge in [-0.25, -0.2) is 10.1 Å². The second-order valence-electron chi connectivity index (χ2n) is 6.67. The molecule has 0 unspecified atom stereocenters. The number of hydrogen-bond acceptors (Lipinski definition) is 6. The molecular formula is C24H18N6O2. The van der Waals surface area contributed by atoms with Gasteiger partial charge in [-0.3, -0.25) is 9.78 Å². The van der Waals surface area contributed by atoms with E-state index in [-0.39, 0.29) is 6.61 Å². The highest BCUT2D eigenvalue weighted by molar-refractivity contribution is 5.89. The van der Waals surface area contributed by atoms with E-state index in [4.69, 9.17) is 10.00 Å². The van der Waals surface area contributed by atoms with E-state index in [1.54, 1.807) is 41.3 Å². The monoisotopic (exact) mass is 422 g/mol. The lowest BCUT2D eigenvalue weighted by molar-refractivity contribution is -0.123.